The van der Waals surface area contributed by atoms with Crippen LogP contribution in [-0.2, 0) is 31.5 Å². The van der Waals surface area contributed by atoms with Crippen molar-refractivity contribution in [3.8, 4) is 5.75 Å². The molecule has 0 saturated heterocycles. The molecule has 0 heterocycles. The second-order valence-electron chi connectivity index (χ2n) is 8.51. The highest BCUT2D eigenvalue weighted by Crippen LogP contribution is 2.49. The lowest BCUT2D eigenvalue weighted by molar-refractivity contribution is -0.146. The molecule has 2 N–H and O–H groups in total. The van der Waals surface area contributed by atoms with Crippen LogP contribution in [0.1, 0.15) is 41.3 Å². The number of methoxy groups -OCH3 is 1. The number of carbonyl (C=O) groups excluding carboxylic acids is 2. The van der Waals surface area contributed by atoms with Gasteiger partial charge in [0, 0.05) is 17.8 Å². The van der Waals surface area contributed by atoms with Crippen molar-refractivity contribution in [2.24, 2.45) is 0 Å². The van der Waals surface area contributed by atoms with E-state index in [2.05, 4.69) is 10.0 Å². The Morgan fingerprint density at radius 3 is 2.28 bits per heavy atom. The van der Waals surface area contributed by atoms with Crippen LogP contribution < -0.4 is 14.8 Å². The first kappa shape index (κ1) is 25.4. The number of amides is 1. The zero-order valence-electron chi connectivity index (χ0n) is 20.1. The van der Waals surface area contributed by atoms with E-state index in [0.29, 0.717) is 12.3 Å². The molecule has 0 atom stereocenters. The lowest BCUT2D eigenvalue weighted by Gasteiger charge is -2.15. The Balaban J connectivity index is 1.49. The number of anilines is 1. The van der Waals surface area contributed by atoms with Crippen LogP contribution >= 0.6 is 0 Å². The van der Waals surface area contributed by atoms with E-state index in [-0.39, 0.29) is 28.7 Å². The third-order valence-corrected chi connectivity index (χ3v) is 7.56. The highest BCUT2D eigenvalue weighted by molar-refractivity contribution is 7.89. The van der Waals surface area contributed by atoms with Crippen molar-refractivity contribution in [1.29, 1.82) is 0 Å². The average molecular weight is 509 g/mol. The minimum Gasteiger partial charge on any atom is -0.495 e. The number of carbonyl (C=O) groups is 2. The molecule has 0 aromatic heterocycles. The topological polar surface area (TPSA) is 111 Å². The van der Waals surface area contributed by atoms with E-state index in [1.807, 2.05) is 30.3 Å². The van der Waals surface area contributed by atoms with Gasteiger partial charge in [-0.25, -0.2) is 13.1 Å². The first-order valence-electron chi connectivity index (χ1n) is 11.6. The number of hydrogen-bond acceptors (Lipinski definition) is 6. The number of ether oxygens (including phenoxy) is 2. The van der Waals surface area contributed by atoms with Gasteiger partial charge in [-0.05, 0) is 61.2 Å². The second-order valence-corrected chi connectivity index (χ2v) is 10.2. The van der Waals surface area contributed by atoms with Crippen LogP contribution in [-0.4, -0.2) is 34.0 Å². The standard InChI is InChI=1S/C27H28N2O6S/c1-3-35-26(31)27(15-16-27)21-10-12-22(13-11-21)29-25(30)20-9-14-23(34-2)24(17-20)36(32,33)28-18-19-7-5-4-6-8-19/h4-14,17,28H,3,15-16,18H2,1-2H3,(H,29,30). The molecule has 1 amide bonds. The predicted octanol–water partition coefficient (Wildman–Crippen LogP) is 4.02. The van der Waals surface area contributed by atoms with Crippen molar-refractivity contribution in [2.45, 2.75) is 36.6 Å². The lowest BCUT2D eigenvalue weighted by atomic mass is 9.96. The lowest BCUT2D eigenvalue weighted by Crippen LogP contribution is -2.24. The molecule has 4 rings (SSSR count). The Bertz CT molecular complexity index is 1350. The Morgan fingerprint density at radius 2 is 1.67 bits per heavy atom. The molecular weight excluding hydrogens is 480 g/mol. The molecule has 9 heteroatoms. The Morgan fingerprint density at radius 1 is 0.972 bits per heavy atom. The van der Waals surface area contributed by atoms with Gasteiger partial charge in [0.25, 0.3) is 5.91 Å². The smallest absolute Gasteiger partial charge is 0.316 e. The van der Waals surface area contributed by atoms with E-state index in [0.717, 1.165) is 24.0 Å². The Labute approximate surface area is 210 Å². The molecule has 1 saturated carbocycles. The van der Waals surface area contributed by atoms with E-state index in [1.54, 1.807) is 31.2 Å². The van der Waals surface area contributed by atoms with Crippen molar-refractivity contribution in [3.05, 3.63) is 89.5 Å². The summed E-state index contributed by atoms with van der Waals surface area (Å²) in [4.78, 5) is 25.1. The zero-order chi connectivity index (χ0) is 25.8. The largest absolute Gasteiger partial charge is 0.495 e. The molecule has 0 spiro atoms. The summed E-state index contributed by atoms with van der Waals surface area (Å²) >= 11 is 0. The number of nitrogens with one attached hydrogen (secondary N) is 2. The Kier molecular flexibility index (Phi) is 7.42. The van der Waals surface area contributed by atoms with Gasteiger partial charge in [-0.3, -0.25) is 9.59 Å². The monoisotopic (exact) mass is 508 g/mol. The molecule has 188 valence electrons. The van der Waals surface area contributed by atoms with Crippen molar-refractivity contribution >= 4 is 27.6 Å². The normalized spacial score (nSPS) is 14.1. The maximum atomic E-state index is 13.0. The molecule has 8 nitrogen and oxygen atoms in total. The van der Waals surface area contributed by atoms with E-state index < -0.39 is 21.3 Å². The summed E-state index contributed by atoms with van der Waals surface area (Å²) in [5.74, 6) is -0.573. The molecule has 0 unspecified atom stereocenters. The van der Waals surface area contributed by atoms with Crippen LogP contribution in [0.15, 0.2) is 77.7 Å². The molecular formula is C27H28N2O6S. The Hall–Kier alpha value is -3.69. The van der Waals surface area contributed by atoms with Crippen molar-refractivity contribution in [2.75, 3.05) is 19.0 Å². The van der Waals surface area contributed by atoms with E-state index in [9.17, 15) is 18.0 Å². The second kappa shape index (κ2) is 10.5. The van der Waals surface area contributed by atoms with E-state index in [4.69, 9.17) is 9.47 Å². The summed E-state index contributed by atoms with van der Waals surface area (Å²) in [6.45, 7) is 2.21. The van der Waals surface area contributed by atoms with Gasteiger partial charge in [0.15, 0.2) is 0 Å². The molecule has 36 heavy (non-hydrogen) atoms. The van der Waals surface area contributed by atoms with Gasteiger partial charge in [-0.2, -0.15) is 0 Å². The van der Waals surface area contributed by atoms with Crippen LogP contribution in [0.5, 0.6) is 5.75 Å². The molecule has 0 radical (unpaired) electrons. The van der Waals surface area contributed by atoms with Gasteiger partial charge in [0.2, 0.25) is 10.0 Å². The van der Waals surface area contributed by atoms with Gasteiger partial charge >= 0.3 is 5.97 Å². The van der Waals surface area contributed by atoms with Gasteiger partial charge in [-0.15, -0.1) is 0 Å². The van der Waals surface area contributed by atoms with Crippen LogP contribution in [0.4, 0.5) is 5.69 Å². The van der Waals surface area contributed by atoms with Crippen molar-refractivity contribution < 1.29 is 27.5 Å². The van der Waals surface area contributed by atoms with Gasteiger partial charge in [0.05, 0.1) is 19.1 Å². The summed E-state index contributed by atoms with van der Waals surface area (Å²) in [6, 6.07) is 20.4. The fourth-order valence-corrected chi connectivity index (χ4v) is 5.17. The quantitative estimate of drug-likeness (QED) is 0.400. The molecule has 1 fully saturated rings. The van der Waals surface area contributed by atoms with Crippen LogP contribution in [0, 0.1) is 0 Å². The third-order valence-electron chi connectivity index (χ3n) is 6.14. The van der Waals surface area contributed by atoms with Crippen molar-refractivity contribution in [1.82, 2.24) is 4.72 Å². The number of hydrogen-bond donors (Lipinski definition) is 2. The first-order chi connectivity index (χ1) is 17.3. The fourth-order valence-electron chi connectivity index (χ4n) is 3.96. The number of esters is 1. The van der Waals surface area contributed by atoms with Crippen molar-refractivity contribution in [3.63, 3.8) is 0 Å². The molecule has 1 aliphatic carbocycles. The number of sulfonamides is 1. The molecule has 0 bridgehead atoms. The average Bonchev–Trinajstić information content (AvgIpc) is 3.71. The molecule has 3 aromatic rings. The number of benzene rings is 3. The fraction of sp³-hybridized carbons (Fsp3) is 0.259. The first-order valence-corrected chi connectivity index (χ1v) is 13.1. The van der Waals surface area contributed by atoms with Crippen LogP contribution in [0.3, 0.4) is 0 Å². The summed E-state index contributed by atoms with van der Waals surface area (Å²) in [5.41, 5.74) is 1.73. The summed E-state index contributed by atoms with van der Waals surface area (Å²) in [5, 5.41) is 2.77. The van der Waals surface area contributed by atoms with Gasteiger partial charge < -0.3 is 14.8 Å². The number of rotatable bonds is 10. The summed E-state index contributed by atoms with van der Waals surface area (Å²) in [7, 11) is -2.59. The maximum Gasteiger partial charge on any atom is 0.316 e. The van der Waals surface area contributed by atoms with Gasteiger partial charge in [-0.1, -0.05) is 42.5 Å². The molecule has 3 aromatic carbocycles. The minimum atomic E-state index is -3.96. The third kappa shape index (κ3) is 5.42. The van der Waals surface area contributed by atoms with E-state index >= 15 is 0 Å². The highest BCUT2D eigenvalue weighted by atomic mass is 32.2. The minimum absolute atomic E-state index is 0.0996. The maximum absolute atomic E-state index is 13.0. The van der Waals surface area contributed by atoms with Gasteiger partial charge in [0.1, 0.15) is 10.6 Å². The molecule has 1 aliphatic rings. The predicted molar refractivity (Wildman–Crippen MR) is 135 cm³/mol. The highest BCUT2D eigenvalue weighted by Gasteiger charge is 2.52. The van der Waals surface area contributed by atoms with E-state index in [1.165, 1.54) is 25.3 Å². The summed E-state index contributed by atoms with van der Waals surface area (Å²) in [6.07, 6.45) is 1.47. The molecule has 0 aliphatic heterocycles. The van der Waals surface area contributed by atoms with Crippen LogP contribution in [0.2, 0.25) is 0 Å². The SMILES string of the molecule is CCOC(=O)C1(c2ccc(NC(=O)c3ccc(OC)c(S(=O)(=O)NCc4ccccc4)c3)cc2)CC1. The zero-order valence-corrected chi connectivity index (χ0v) is 20.9. The van der Waals surface area contributed by atoms with Crippen LogP contribution in [0.25, 0.3) is 0 Å². The summed E-state index contributed by atoms with van der Waals surface area (Å²) < 4.78 is 39.0.